The van der Waals surface area contributed by atoms with Crippen LogP contribution in [0.1, 0.15) is 168 Å². The summed E-state index contributed by atoms with van der Waals surface area (Å²) in [5, 5.41) is 9.22. The number of carboxylic acid groups (broad SMARTS) is 1. The number of rotatable bonds is 31. The maximum atomic E-state index is 12.3. The van der Waals surface area contributed by atoms with E-state index < -0.39 is 12.1 Å². The molecule has 1 N–H and O–H groups in total. The normalized spacial score (nSPS) is 13.0. The second-order valence-corrected chi connectivity index (χ2v) is 11.7. The van der Waals surface area contributed by atoms with Gasteiger partial charge in [-0.1, -0.05) is 152 Å². The Kier molecular flexibility index (Phi) is 32.3. The summed E-state index contributed by atoms with van der Waals surface area (Å²) in [6, 6.07) is 0. The molecule has 0 aliphatic rings. The van der Waals surface area contributed by atoms with Crippen molar-refractivity contribution < 1.29 is 19.4 Å². The van der Waals surface area contributed by atoms with Crippen LogP contribution in [0, 0.1) is 0 Å². The number of aliphatic carboxylic acids is 1. The lowest BCUT2D eigenvalue weighted by Crippen LogP contribution is -2.21. The number of carboxylic acids is 1. The maximum absolute atomic E-state index is 12.3. The van der Waals surface area contributed by atoms with Crippen molar-refractivity contribution in [3.05, 3.63) is 60.8 Å². The molecule has 43 heavy (non-hydrogen) atoms. The third kappa shape index (κ3) is 34.0. The zero-order chi connectivity index (χ0) is 31.5. The quantitative estimate of drug-likeness (QED) is 0.0490. The molecule has 0 spiro atoms. The molecule has 1 unspecified atom stereocenters. The van der Waals surface area contributed by atoms with Crippen LogP contribution < -0.4 is 0 Å². The van der Waals surface area contributed by atoms with Crippen molar-refractivity contribution in [1.29, 1.82) is 0 Å². The van der Waals surface area contributed by atoms with Gasteiger partial charge in [0, 0.05) is 6.42 Å². The van der Waals surface area contributed by atoms with E-state index in [2.05, 4.69) is 74.6 Å². The van der Waals surface area contributed by atoms with Crippen molar-refractivity contribution in [3.8, 4) is 0 Å². The predicted molar refractivity (Wildman–Crippen MR) is 185 cm³/mol. The molecule has 0 aromatic carbocycles. The van der Waals surface area contributed by atoms with Gasteiger partial charge in [-0.3, -0.25) is 9.59 Å². The second-order valence-electron chi connectivity index (χ2n) is 11.7. The SMILES string of the molecule is CC/C=C\C/C=C\C/C=C\C/C=C\C/C=C\CCCCCC(=O)OC(CCCCCCCCCCCCCC)CC(=O)O. The van der Waals surface area contributed by atoms with E-state index in [0.29, 0.717) is 12.8 Å². The molecular weight excluding hydrogens is 532 g/mol. The van der Waals surface area contributed by atoms with E-state index in [-0.39, 0.29) is 12.4 Å². The van der Waals surface area contributed by atoms with Crippen LogP contribution in [-0.4, -0.2) is 23.1 Å². The molecule has 0 aliphatic heterocycles. The van der Waals surface area contributed by atoms with Crippen molar-refractivity contribution in [1.82, 2.24) is 0 Å². The first-order valence-electron chi connectivity index (χ1n) is 17.8. The molecule has 0 fully saturated rings. The van der Waals surface area contributed by atoms with Crippen LogP contribution in [-0.2, 0) is 14.3 Å². The fourth-order valence-corrected chi connectivity index (χ4v) is 4.93. The molecule has 0 amide bonds. The molecule has 246 valence electrons. The average molecular weight is 599 g/mol. The van der Waals surface area contributed by atoms with Gasteiger partial charge in [-0.25, -0.2) is 0 Å². The summed E-state index contributed by atoms with van der Waals surface area (Å²) in [6.07, 6.45) is 46.6. The summed E-state index contributed by atoms with van der Waals surface area (Å²) in [5.74, 6) is -1.14. The Bertz CT molecular complexity index is 774. The smallest absolute Gasteiger partial charge is 0.307 e. The Morgan fingerprint density at radius 3 is 1.49 bits per heavy atom. The molecular formula is C39H66O4. The number of carbonyl (C=O) groups excluding carboxylic acids is 1. The van der Waals surface area contributed by atoms with E-state index in [1.54, 1.807) is 0 Å². The molecule has 0 heterocycles. The third-order valence-electron chi connectivity index (χ3n) is 7.49. The van der Waals surface area contributed by atoms with Gasteiger partial charge in [0.15, 0.2) is 0 Å². The highest BCUT2D eigenvalue weighted by molar-refractivity contribution is 5.71. The van der Waals surface area contributed by atoms with Crippen molar-refractivity contribution in [3.63, 3.8) is 0 Å². The fraction of sp³-hybridized carbons (Fsp3) is 0.692. The molecule has 0 saturated carbocycles. The van der Waals surface area contributed by atoms with Crippen molar-refractivity contribution in [2.75, 3.05) is 0 Å². The van der Waals surface area contributed by atoms with Crippen LogP contribution in [0.3, 0.4) is 0 Å². The largest absolute Gasteiger partial charge is 0.481 e. The van der Waals surface area contributed by atoms with E-state index in [4.69, 9.17) is 4.74 Å². The molecule has 0 saturated heterocycles. The summed E-state index contributed by atoms with van der Waals surface area (Å²) in [6.45, 7) is 4.41. The van der Waals surface area contributed by atoms with Crippen molar-refractivity contribution >= 4 is 11.9 Å². The molecule has 4 heteroatoms. The average Bonchev–Trinajstić information content (AvgIpc) is 2.98. The van der Waals surface area contributed by atoms with Gasteiger partial charge in [-0.2, -0.15) is 0 Å². The van der Waals surface area contributed by atoms with Gasteiger partial charge < -0.3 is 9.84 Å². The lowest BCUT2D eigenvalue weighted by Gasteiger charge is -2.16. The Hall–Kier alpha value is -2.36. The van der Waals surface area contributed by atoms with Gasteiger partial charge >= 0.3 is 11.9 Å². The number of hydrogen-bond acceptors (Lipinski definition) is 3. The summed E-state index contributed by atoms with van der Waals surface area (Å²) < 4.78 is 5.55. The number of esters is 1. The van der Waals surface area contributed by atoms with Crippen LogP contribution in [0.5, 0.6) is 0 Å². The Morgan fingerprint density at radius 2 is 1.00 bits per heavy atom. The summed E-state index contributed by atoms with van der Waals surface area (Å²) >= 11 is 0. The standard InChI is InChI=1S/C39H66O4/c1-3-5-7-9-11-13-15-17-18-19-20-21-22-23-25-27-29-31-33-35-39(42)43-37(36-38(40)41)34-32-30-28-26-24-16-14-12-10-8-6-4-2/h5,7,11,13,17-18,20-21,23,25,37H,3-4,6,8-10,12,14-16,19,22,24,26-36H2,1-2H3,(H,40,41)/b7-5-,13-11-,18-17-,21-20-,25-23-. The Balaban J connectivity index is 3.79. The second kappa shape index (κ2) is 34.1. The fourth-order valence-electron chi connectivity index (χ4n) is 4.93. The van der Waals surface area contributed by atoms with E-state index in [0.717, 1.165) is 70.6 Å². The number of allylic oxidation sites excluding steroid dienone is 10. The van der Waals surface area contributed by atoms with Crippen LogP contribution in [0.15, 0.2) is 60.8 Å². The highest BCUT2D eigenvalue weighted by Gasteiger charge is 2.17. The zero-order valence-electron chi connectivity index (χ0n) is 28.0. The zero-order valence-corrected chi connectivity index (χ0v) is 28.0. The lowest BCUT2D eigenvalue weighted by molar-refractivity contribution is -0.153. The minimum Gasteiger partial charge on any atom is -0.481 e. The predicted octanol–water partition coefficient (Wildman–Crippen LogP) is 12.2. The van der Waals surface area contributed by atoms with E-state index in [9.17, 15) is 14.7 Å². The van der Waals surface area contributed by atoms with E-state index in [1.807, 2.05) is 0 Å². The van der Waals surface area contributed by atoms with Gasteiger partial charge in [-0.15, -0.1) is 0 Å². The highest BCUT2D eigenvalue weighted by atomic mass is 16.5. The monoisotopic (exact) mass is 598 g/mol. The van der Waals surface area contributed by atoms with Crippen molar-refractivity contribution in [2.24, 2.45) is 0 Å². The molecule has 0 radical (unpaired) electrons. The van der Waals surface area contributed by atoms with Gasteiger partial charge in [0.2, 0.25) is 0 Å². The molecule has 0 aromatic rings. The molecule has 0 aromatic heterocycles. The van der Waals surface area contributed by atoms with Gasteiger partial charge in [0.05, 0.1) is 6.42 Å². The molecule has 0 rings (SSSR count). The minimum atomic E-state index is -0.895. The summed E-state index contributed by atoms with van der Waals surface area (Å²) in [5.41, 5.74) is 0. The molecule has 4 nitrogen and oxygen atoms in total. The maximum Gasteiger partial charge on any atom is 0.307 e. The Labute approximate surface area is 265 Å². The van der Waals surface area contributed by atoms with Gasteiger partial charge in [0.1, 0.15) is 6.10 Å². The first-order valence-corrected chi connectivity index (χ1v) is 17.8. The van der Waals surface area contributed by atoms with Gasteiger partial charge in [-0.05, 0) is 64.2 Å². The lowest BCUT2D eigenvalue weighted by atomic mass is 10.0. The number of carbonyl (C=O) groups is 2. The topological polar surface area (TPSA) is 63.6 Å². The molecule has 1 atom stereocenters. The third-order valence-corrected chi connectivity index (χ3v) is 7.49. The summed E-state index contributed by atoms with van der Waals surface area (Å²) in [7, 11) is 0. The van der Waals surface area contributed by atoms with Crippen LogP contribution in [0.4, 0.5) is 0 Å². The van der Waals surface area contributed by atoms with E-state index >= 15 is 0 Å². The first kappa shape index (κ1) is 40.6. The van der Waals surface area contributed by atoms with E-state index in [1.165, 1.54) is 64.2 Å². The number of ether oxygens (including phenoxy) is 1. The van der Waals surface area contributed by atoms with Crippen molar-refractivity contribution in [2.45, 2.75) is 174 Å². The summed E-state index contributed by atoms with van der Waals surface area (Å²) in [4.78, 5) is 23.5. The molecule has 0 aliphatic carbocycles. The number of hydrogen-bond donors (Lipinski definition) is 1. The van der Waals surface area contributed by atoms with Crippen LogP contribution in [0.2, 0.25) is 0 Å². The number of unbranched alkanes of at least 4 members (excludes halogenated alkanes) is 14. The first-order chi connectivity index (χ1) is 21.1. The minimum absolute atomic E-state index is 0.0894. The molecule has 0 bridgehead atoms. The van der Waals surface area contributed by atoms with Crippen LogP contribution >= 0.6 is 0 Å². The van der Waals surface area contributed by atoms with Crippen LogP contribution in [0.25, 0.3) is 0 Å². The Morgan fingerprint density at radius 1 is 0.558 bits per heavy atom. The van der Waals surface area contributed by atoms with Gasteiger partial charge in [0.25, 0.3) is 0 Å². The highest BCUT2D eigenvalue weighted by Crippen LogP contribution is 2.16.